The van der Waals surface area contributed by atoms with E-state index in [0.717, 1.165) is 0 Å². The Morgan fingerprint density at radius 3 is 1.92 bits per heavy atom. The van der Waals surface area contributed by atoms with E-state index >= 15 is 0 Å². The summed E-state index contributed by atoms with van der Waals surface area (Å²) >= 11 is 0. The largest absolute Gasteiger partial charge is 0.317 e. The quantitative estimate of drug-likeness (QED) is 0.236. The molecule has 0 radical (unpaired) electrons. The highest BCUT2D eigenvalue weighted by atomic mass is 15.0. The smallest absolute Gasteiger partial charge is 0.0619 e. The number of benzene rings is 6. The van der Waals surface area contributed by atoms with Gasteiger partial charge in [0.05, 0.1) is 16.6 Å². The number of fused-ring (bicyclic) bond motifs is 6. The Bertz CT molecular complexity index is 2100. The van der Waals surface area contributed by atoms with E-state index in [9.17, 15) is 0 Å². The van der Waals surface area contributed by atoms with E-state index in [1.54, 1.807) is 0 Å². The summed E-state index contributed by atoms with van der Waals surface area (Å²) in [6, 6.07) is 50.3. The lowest BCUT2D eigenvalue weighted by Crippen LogP contribution is -1.95. The molecule has 0 fully saturated rings. The van der Waals surface area contributed by atoms with E-state index in [1.807, 2.05) is 0 Å². The predicted octanol–water partition coefficient (Wildman–Crippen LogP) is 9.55. The molecule has 6 aromatic carbocycles. The molecule has 0 N–H and O–H groups in total. The summed E-state index contributed by atoms with van der Waals surface area (Å²) in [5.41, 5.74) is 8.51. The van der Waals surface area contributed by atoms with Crippen LogP contribution in [0, 0.1) is 0 Å². The van der Waals surface area contributed by atoms with Gasteiger partial charge in [0.25, 0.3) is 0 Å². The standard InChI is InChI=1S/C36H24N2/c1-3-9-25(10-4-1)26-15-18-30(19-16-26)38-34-14-8-7-13-31(34)32-20-17-27-24-35-28(23-33(27)36(32)38)21-22-37(35)29-11-5-2-6-12-29/h1-24H. The molecule has 0 atom stereocenters. The van der Waals surface area contributed by atoms with Crippen LogP contribution in [0.5, 0.6) is 0 Å². The van der Waals surface area contributed by atoms with E-state index in [2.05, 4.69) is 155 Å². The Morgan fingerprint density at radius 1 is 0.395 bits per heavy atom. The maximum Gasteiger partial charge on any atom is 0.0619 e. The van der Waals surface area contributed by atoms with Gasteiger partial charge in [0.15, 0.2) is 0 Å². The minimum atomic E-state index is 1.17. The molecule has 0 amide bonds. The zero-order valence-corrected chi connectivity index (χ0v) is 20.8. The normalized spacial score (nSPS) is 11.7. The summed E-state index contributed by atoms with van der Waals surface area (Å²) in [6.07, 6.45) is 2.17. The number of hydrogen-bond donors (Lipinski definition) is 0. The van der Waals surface area contributed by atoms with Gasteiger partial charge in [-0.15, -0.1) is 0 Å². The van der Waals surface area contributed by atoms with Crippen LogP contribution in [0.4, 0.5) is 0 Å². The summed E-state index contributed by atoms with van der Waals surface area (Å²) in [5, 5.41) is 6.31. The SMILES string of the molecule is c1ccc(-c2ccc(-n3c4ccccc4c4ccc5cc6c(ccn6-c6ccccc6)cc5c43)cc2)cc1. The van der Waals surface area contributed by atoms with E-state index in [0.29, 0.717) is 0 Å². The third-order valence-corrected chi connectivity index (χ3v) is 7.73. The Labute approximate surface area is 220 Å². The fourth-order valence-corrected chi connectivity index (χ4v) is 5.93. The average molecular weight is 485 g/mol. The molecular formula is C36H24N2. The molecule has 8 rings (SSSR count). The molecule has 0 unspecified atom stereocenters. The first kappa shape index (κ1) is 21.0. The van der Waals surface area contributed by atoms with Crippen LogP contribution in [-0.4, -0.2) is 9.13 Å². The Hall–Kier alpha value is -5.08. The van der Waals surface area contributed by atoms with Crippen molar-refractivity contribution in [1.29, 1.82) is 0 Å². The first-order valence-corrected chi connectivity index (χ1v) is 13.0. The number of rotatable bonds is 3. The van der Waals surface area contributed by atoms with Crippen LogP contribution >= 0.6 is 0 Å². The lowest BCUT2D eigenvalue weighted by molar-refractivity contribution is 1.13. The lowest BCUT2D eigenvalue weighted by Gasteiger charge is -2.12. The molecule has 0 aliphatic rings. The van der Waals surface area contributed by atoms with E-state index in [4.69, 9.17) is 0 Å². The van der Waals surface area contributed by atoms with Crippen LogP contribution in [-0.2, 0) is 0 Å². The highest BCUT2D eigenvalue weighted by Crippen LogP contribution is 2.38. The molecule has 0 aliphatic heterocycles. The van der Waals surface area contributed by atoms with Gasteiger partial charge in [-0.2, -0.15) is 0 Å². The second-order valence-corrected chi connectivity index (χ2v) is 9.88. The molecule has 2 aromatic heterocycles. The van der Waals surface area contributed by atoms with Crippen LogP contribution in [0.2, 0.25) is 0 Å². The van der Waals surface area contributed by atoms with Crippen molar-refractivity contribution in [2.45, 2.75) is 0 Å². The third-order valence-electron chi connectivity index (χ3n) is 7.73. The van der Waals surface area contributed by atoms with Gasteiger partial charge < -0.3 is 9.13 Å². The molecule has 0 saturated carbocycles. The van der Waals surface area contributed by atoms with Crippen molar-refractivity contribution in [2.24, 2.45) is 0 Å². The molecule has 0 bridgehead atoms. The van der Waals surface area contributed by atoms with Gasteiger partial charge in [-0.1, -0.05) is 91.0 Å². The van der Waals surface area contributed by atoms with E-state index in [1.165, 1.54) is 66.0 Å². The molecular weight excluding hydrogens is 460 g/mol. The highest BCUT2D eigenvalue weighted by molar-refractivity contribution is 6.20. The first-order valence-electron chi connectivity index (χ1n) is 13.0. The zero-order valence-electron chi connectivity index (χ0n) is 20.8. The van der Waals surface area contributed by atoms with Crippen molar-refractivity contribution in [3.8, 4) is 22.5 Å². The Morgan fingerprint density at radius 2 is 1.11 bits per heavy atom. The highest BCUT2D eigenvalue weighted by Gasteiger charge is 2.16. The van der Waals surface area contributed by atoms with Crippen molar-refractivity contribution in [1.82, 2.24) is 9.13 Å². The van der Waals surface area contributed by atoms with Gasteiger partial charge in [-0.05, 0) is 65.0 Å². The molecule has 0 aliphatic carbocycles. The number of para-hydroxylation sites is 2. The van der Waals surface area contributed by atoms with Crippen molar-refractivity contribution >= 4 is 43.5 Å². The number of nitrogens with zero attached hydrogens (tertiary/aromatic N) is 2. The van der Waals surface area contributed by atoms with Gasteiger partial charge in [0, 0.05) is 39.1 Å². The fraction of sp³-hybridized carbons (Fsp3) is 0. The van der Waals surface area contributed by atoms with Crippen molar-refractivity contribution < 1.29 is 0 Å². The minimum Gasteiger partial charge on any atom is -0.317 e. The summed E-state index contributed by atoms with van der Waals surface area (Å²) in [4.78, 5) is 0. The lowest BCUT2D eigenvalue weighted by atomic mass is 10.0. The Balaban J connectivity index is 1.40. The molecule has 2 heterocycles. The van der Waals surface area contributed by atoms with Crippen LogP contribution in [0.1, 0.15) is 0 Å². The van der Waals surface area contributed by atoms with Gasteiger partial charge in [-0.25, -0.2) is 0 Å². The average Bonchev–Trinajstić information content (AvgIpc) is 3.56. The fourth-order valence-electron chi connectivity index (χ4n) is 5.93. The summed E-state index contributed by atoms with van der Waals surface area (Å²) in [5.74, 6) is 0. The van der Waals surface area contributed by atoms with Crippen molar-refractivity contribution in [2.75, 3.05) is 0 Å². The number of hydrogen-bond acceptors (Lipinski definition) is 0. The second kappa shape index (κ2) is 8.22. The maximum atomic E-state index is 2.43. The van der Waals surface area contributed by atoms with Crippen molar-refractivity contribution in [3.05, 3.63) is 146 Å². The predicted molar refractivity (Wildman–Crippen MR) is 161 cm³/mol. The maximum absolute atomic E-state index is 2.43. The second-order valence-electron chi connectivity index (χ2n) is 9.88. The molecule has 8 aromatic rings. The summed E-state index contributed by atoms with van der Waals surface area (Å²) < 4.78 is 4.71. The third kappa shape index (κ3) is 3.14. The van der Waals surface area contributed by atoms with Gasteiger partial charge in [-0.3, -0.25) is 0 Å². The van der Waals surface area contributed by atoms with Crippen LogP contribution in [0.25, 0.3) is 66.0 Å². The minimum absolute atomic E-state index is 1.17. The molecule has 2 nitrogen and oxygen atoms in total. The van der Waals surface area contributed by atoms with Crippen LogP contribution in [0.15, 0.2) is 146 Å². The topological polar surface area (TPSA) is 9.86 Å². The van der Waals surface area contributed by atoms with Crippen molar-refractivity contribution in [3.63, 3.8) is 0 Å². The molecule has 2 heteroatoms. The number of aromatic nitrogens is 2. The zero-order chi connectivity index (χ0) is 25.1. The van der Waals surface area contributed by atoms with Gasteiger partial charge in [0.2, 0.25) is 0 Å². The van der Waals surface area contributed by atoms with Gasteiger partial charge in [0.1, 0.15) is 0 Å². The van der Waals surface area contributed by atoms with Crippen LogP contribution < -0.4 is 0 Å². The molecule has 0 spiro atoms. The first-order chi connectivity index (χ1) is 18.8. The summed E-state index contributed by atoms with van der Waals surface area (Å²) in [7, 11) is 0. The summed E-state index contributed by atoms with van der Waals surface area (Å²) in [6.45, 7) is 0. The molecule has 0 saturated heterocycles. The van der Waals surface area contributed by atoms with Gasteiger partial charge >= 0.3 is 0 Å². The Kier molecular flexibility index (Phi) is 4.55. The molecule has 38 heavy (non-hydrogen) atoms. The monoisotopic (exact) mass is 484 g/mol. The van der Waals surface area contributed by atoms with Crippen LogP contribution in [0.3, 0.4) is 0 Å². The molecule has 178 valence electrons. The van der Waals surface area contributed by atoms with E-state index < -0.39 is 0 Å². The van der Waals surface area contributed by atoms with E-state index in [-0.39, 0.29) is 0 Å².